The van der Waals surface area contributed by atoms with E-state index in [2.05, 4.69) is 5.32 Å². The van der Waals surface area contributed by atoms with Crippen LogP contribution in [0.1, 0.15) is 10.4 Å². The van der Waals surface area contributed by atoms with Gasteiger partial charge in [-0.05, 0) is 42.5 Å². The molecular weight excluding hydrogens is 496 g/mol. The lowest BCUT2D eigenvalue weighted by Crippen LogP contribution is -2.27. The van der Waals surface area contributed by atoms with Crippen LogP contribution in [0.2, 0.25) is 5.02 Å². The zero-order valence-electron chi connectivity index (χ0n) is 19.1. The lowest BCUT2D eigenvalue weighted by atomic mass is 10.2. The normalized spacial score (nSPS) is 10.9. The first-order valence-corrected chi connectivity index (χ1v) is 12.0. The largest absolute Gasteiger partial charge is 0.497 e. The smallest absolute Gasteiger partial charge is 0.340 e. The monoisotopic (exact) mass is 518 g/mol. The maximum Gasteiger partial charge on any atom is 0.340 e. The van der Waals surface area contributed by atoms with Crippen molar-refractivity contribution in [1.82, 2.24) is 0 Å². The van der Waals surface area contributed by atoms with Crippen molar-refractivity contribution >= 4 is 44.9 Å². The summed E-state index contributed by atoms with van der Waals surface area (Å²) in [7, 11) is 0.325. The highest BCUT2D eigenvalue weighted by atomic mass is 35.5. The zero-order chi connectivity index (χ0) is 25.6. The maximum absolute atomic E-state index is 13.0. The van der Waals surface area contributed by atoms with Crippen LogP contribution in [0.15, 0.2) is 71.6 Å². The number of anilines is 2. The number of methoxy groups -OCH3 is 2. The standard InChI is InChI=1S/C24H23ClN2O7S/c1-27(16-7-5-4-6-8-16)35(30,31)18-10-11-20(25)19(14-18)24(29)34-15-23(28)26-21-13-17(32-2)9-12-22(21)33-3/h4-14H,15H2,1-3H3,(H,26,28). The number of sulfonamides is 1. The van der Waals surface area contributed by atoms with Crippen LogP contribution >= 0.6 is 11.6 Å². The molecule has 35 heavy (non-hydrogen) atoms. The highest BCUT2D eigenvalue weighted by Crippen LogP contribution is 2.29. The van der Waals surface area contributed by atoms with E-state index < -0.39 is 28.5 Å². The van der Waals surface area contributed by atoms with Crippen molar-refractivity contribution in [3.63, 3.8) is 0 Å². The Kier molecular flexibility index (Phi) is 8.21. The molecule has 0 spiro atoms. The number of amides is 1. The minimum atomic E-state index is -3.99. The van der Waals surface area contributed by atoms with Crippen molar-refractivity contribution in [2.75, 3.05) is 37.5 Å². The number of nitrogens with one attached hydrogen (secondary N) is 1. The Morgan fingerprint density at radius 1 is 0.971 bits per heavy atom. The Morgan fingerprint density at radius 3 is 2.34 bits per heavy atom. The van der Waals surface area contributed by atoms with E-state index in [9.17, 15) is 18.0 Å². The molecule has 1 amide bonds. The molecule has 1 N–H and O–H groups in total. The summed E-state index contributed by atoms with van der Waals surface area (Å²) in [5.41, 5.74) is 0.570. The zero-order valence-corrected chi connectivity index (χ0v) is 20.7. The van der Waals surface area contributed by atoms with Crippen molar-refractivity contribution in [2.24, 2.45) is 0 Å². The van der Waals surface area contributed by atoms with Crippen molar-refractivity contribution in [3.8, 4) is 11.5 Å². The van der Waals surface area contributed by atoms with E-state index in [1.165, 1.54) is 33.4 Å². The number of benzene rings is 3. The molecule has 184 valence electrons. The number of esters is 1. The minimum absolute atomic E-state index is 0.0220. The number of rotatable bonds is 9. The fourth-order valence-electron chi connectivity index (χ4n) is 3.06. The average molecular weight is 519 g/mol. The average Bonchev–Trinajstić information content (AvgIpc) is 2.87. The van der Waals surface area contributed by atoms with E-state index >= 15 is 0 Å². The second kappa shape index (κ2) is 11.1. The van der Waals surface area contributed by atoms with Crippen molar-refractivity contribution in [2.45, 2.75) is 4.90 Å². The van der Waals surface area contributed by atoms with Gasteiger partial charge in [0.1, 0.15) is 11.5 Å². The number of halogens is 1. The molecule has 0 bridgehead atoms. The van der Waals surface area contributed by atoms with Gasteiger partial charge in [0.15, 0.2) is 6.61 Å². The Balaban J connectivity index is 1.74. The van der Waals surface area contributed by atoms with Crippen molar-refractivity contribution < 1.29 is 32.2 Å². The maximum atomic E-state index is 13.0. The van der Waals surface area contributed by atoms with Gasteiger partial charge in [0.05, 0.1) is 41.1 Å². The molecule has 0 fully saturated rings. The third-order valence-corrected chi connectivity index (χ3v) is 7.06. The van der Waals surface area contributed by atoms with Gasteiger partial charge in [-0.3, -0.25) is 9.10 Å². The number of nitrogens with zero attached hydrogens (tertiary/aromatic N) is 1. The van der Waals surface area contributed by atoms with E-state index in [0.29, 0.717) is 22.9 Å². The molecule has 3 aromatic rings. The van der Waals surface area contributed by atoms with Gasteiger partial charge in [0, 0.05) is 13.1 Å². The molecule has 0 aliphatic heterocycles. The summed E-state index contributed by atoms with van der Waals surface area (Å²) in [5.74, 6) is -0.729. The molecule has 0 heterocycles. The molecule has 0 radical (unpaired) electrons. The van der Waals surface area contributed by atoms with E-state index in [4.69, 9.17) is 25.8 Å². The Morgan fingerprint density at radius 2 is 1.69 bits per heavy atom. The minimum Gasteiger partial charge on any atom is -0.497 e. The van der Waals surface area contributed by atoms with E-state index in [-0.39, 0.29) is 15.5 Å². The van der Waals surface area contributed by atoms with Gasteiger partial charge in [0.2, 0.25) is 0 Å². The van der Waals surface area contributed by atoms with Gasteiger partial charge in [-0.2, -0.15) is 0 Å². The van der Waals surface area contributed by atoms with Crippen LogP contribution in [-0.4, -0.2) is 48.2 Å². The second-order valence-electron chi connectivity index (χ2n) is 7.14. The molecule has 0 saturated carbocycles. The fraction of sp³-hybridized carbons (Fsp3) is 0.167. The molecule has 9 nitrogen and oxygen atoms in total. The van der Waals surface area contributed by atoms with Crippen LogP contribution in [0.4, 0.5) is 11.4 Å². The van der Waals surface area contributed by atoms with Gasteiger partial charge in [0.25, 0.3) is 15.9 Å². The molecule has 0 saturated heterocycles. The summed E-state index contributed by atoms with van der Waals surface area (Å²) < 4.78 is 42.6. The fourth-order valence-corrected chi connectivity index (χ4v) is 4.48. The third kappa shape index (κ3) is 6.03. The van der Waals surface area contributed by atoms with Crippen molar-refractivity contribution in [3.05, 3.63) is 77.3 Å². The SMILES string of the molecule is COc1ccc(OC)c(NC(=O)COC(=O)c2cc(S(=O)(=O)N(C)c3ccccc3)ccc2Cl)c1. The summed E-state index contributed by atoms with van der Waals surface area (Å²) in [5, 5.41) is 2.55. The van der Waals surface area contributed by atoms with E-state index in [0.717, 1.165) is 10.4 Å². The van der Waals surface area contributed by atoms with Crippen LogP contribution < -0.4 is 19.1 Å². The molecule has 3 rings (SSSR count). The Bertz CT molecular complexity index is 1330. The summed E-state index contributed by atoms with van der Waals surface area (Å²) in [6.45, 7) is -0.642. The van der Waals surface area contributed by atoms with E-state index in [1.54, 1.807) is 48.5 Å². The topological polar surface area (TPSA) is 111 Å². The van der Waals surface area contributed by atoms with Crippen LogP contribution in [-0.2, 0) is 19.6 Å². The van der Waals surface area contributed by atoms with Gasteiger partial charge in [-0.1, -0.05) is 29.8 Å². The first kappa shape index (κ1) is 25.9. The highest BCUT2D eigenvalue weighted by molar-refractivity contribution is 7.92. The van der Waals surface area contributed by atoms with Gasteiger partial charge >= 0.3 is 5.97 Å². The molecule has 0 aliphatic carbocycles. The van der Waals surface area contributed by atoms with Crippen LogP contribution in [0.3, 0.4) is 0 Å². The number of carbonyl (C=O) groups is 2. The van der Waals surface area contributed by atoms with Gasteiger partial charge in [-0.25, -0.2) is 13.2 Å². The first-order chi connectivity index (χ1) is 16.7. The number of hydrogen-bond donors (Lipinski definition) is 1. The van der Waals surface area contributed by atoms with Crippen LogP contribution in [0, 0.1) is 0 Å². The van der Waals surface area contributed by atoms with Crippen LogP contribution in [0.25, 0.3) is 0 Å². The third-order valence-electron chi connectivity index (χ3n) is 4.95. The Labute approximate surface area is 208 Å². The molecule has 0 aliphatic rings. The molecule has 11 heteroatoms. The number of para-hydroxylation sites is 1. The first-order valence-electron chi connectivity index (χ1n) is 10.2. The predicted octanol–water partition coefficient (Wildman–Crippen LogP) is 3.98. The van der Waals surface area contributed by atoms with Gasteiger partial charge in [-0.15, -0.1) is 0 Å². The summed E-state index contributed by atoms with van der Waals surface area (Å²) in [4.78, 5) is 24.8. The summed E-state index contributed by atoms with van der Waals surface area (Å²) in [6.07, 6.45) is 0. The summed E-state index contributed by atoms with van der Waals surface area (Å²) >= 11 is 6.12. The number of ether oxygens (including phenoxy) is 3. The number of hydrogen-bond acceptors (Lipinski definition) is 7. The lowest BCUT2D eigenvalue weighted by Gasteiger charge is -2.20. The lowest BCUT2D eigenvalue weighted by molar-refractivity contribution is -0.119. The van der Waals surface area contributed by atoms with Crippen molar-refractivity contribution in [1.29, 1.82) is 0 Å². The molecule has 0 aromatic heterocycles. The molecule has 0 unspecified atom stereocenters. The number of carbonyl (C=O) groups excluding carboxylic acids is 2. The molecular formula is C24H23ClN2O7S. The molecule has 3 aromatic carbocycles. The quantitative estimate of drug-likeness (QED) is 0.426. The van der Waals surface area contributed by atoms with E-state index in [1.807, 2.05) is 0 Å². The molecule has 0 atom stereocenters. The highest BCUT2D eigenvalue weighted by Gasteiger charge is 2.24. The predicted molar refractivity (Wildman–Crippen MR) is 132 cm³/mol. The Hall–Kier alpha value is -3.76. The van der Waals surface area contributed by atoms with Crippen LogP contribution in [0.5, 0.6) is 11.5 Å². The second-order valence-corrected chi connectivity index (χ2v) is 9.52. The summed E-state index contributed by atoms with van der Waals surface area (Å²) in [6, 6.07) is 17.0. The van der Waals surface area contributed by atoms with Gasteiger partial charge < -0.3 is 19.5 Å².